The standard InChI is InChI=1S/C13H20N2O/c1-3-11-5-7-12(8-6-11)9-14-10-13(16)15-4-2/h5-8,14H,3-4,9-10H2,1-2H3,(H,15,16). The molecule has 1 aromatic rings. The summed E-state index contributed by atoms with van der Waals surface area (Å²) in [7, 11) is 0. The second kappa shape index (κ2) is 7.01. The van der Waals surface area contributed by atoms with Crippen molar-refractivity contribution in [3.63, 3.8) is 0 Å². The Hall–Kier alpha value is -1.35. The topological polar surface area (TPSA) is 41.1 Å². The maximum atomic E-state index is 11.2. The monoisotopic (exact) mass is 220 g/mol. The summed E-state index contributed by atoms with van der Waals surface area (Å²) >= 11 is 0. The van der Waals surface area contributed by atoms with Crippen LogP contribution in [-0.2, 0) is 17.8 Å². The summed E-state index contributed by atoms with van der Waals surface area (Å²) < 4.78 is 0. The zero-order valence-electron chi connectivity index (χ0n) is 10.0. The molecule has 0 aliphatic rings. The number of amides is 1. The van der Waals surface area contributed by atoms with Crippen LogP contribution in [0.25, 0.3) is 0 Å². The van der Waals surface area contributed by atoms with Crippen molar-refractivity contribution >= 4 is 5.91 Å². The third-order valence-electron chi connectivity index (χ3n) is 2.42. The van der Waals surface area contributed by atoms with Gasteiger partial charge in [-0.1, -0.05) is 31.2 Å². The molecule has 88 valence electrons. The van der Waals surface area contributed by atoms with E-state index < -0.39 is 0 Å². The maximum absolute atomic E-state index is 11.2. The number of carbonyl (C=O) groups excluding carboxylic acids is 1. The Morgan fingerprint density at radius 1 is 1.12 bits per heavy atom. The zero-order chi connectivity index (χ0) is 11.8. The van der Waals surface area contributed by atoms with Gasteiger partial charge >= 0.3 is 0 Å². The van der Waals surface area contributed by atoms with E-state index in [9.17, 15) is 4.79 Å². The van der Waals surface area contributed by atoms with Crippen molar-refractivity contribution in [1.82, 2.24) is 10.6 Å². The fourth-order valence-corrected chi connectivity index (χ4v) is 1.47. The van der Waals surface area contributed by atoms with Gasteiger partial charge in [0.25, 0.3) is 0 Å². The summed E-state index contributed by atoms with van der Waals surface area (Å²) in [6, 6.07) is 8.46. The van der Waals surface area contributed by atoms with E-state index in [1.807, 2.05) is 6.92 Å². The quantitative estimate of drug-likeness (QED) is 0.762. The Morgan fingerprint density at radius 2 is 1.75 bits per heavy atom. The van der Waals surface area contributed by atoms with E-state index in [4.69, 9.17) is 0 Å². The minimum atomic E-state index is 0.0488. The van der Waals surface area contributed by atoms with Gasteiger partial charge in [-0.2, -0.15) is 0 Å². The van der Waals surface area contributed by atoms with Crippen LogP contribution in [0, 0.1) is 0 Å². The normalized spacial score (nSPS) is 10.1. The summed E-state index contributed by atoms with van der Waals surface area (Å²) in [5, 5.41) is 5.86. The van der Waals surface area contributed by atoms with E-state index in [2.05, 4.69) is 41.8 Å². The molecule has 0 saturated heterocycles. The van der Waals surface area contributed by atoms with Gasteiger partial charge in [0.05, 0.1) is 6.54 Å². The molecule has 1 rings (SSSR count). The molecule has 16 heavy (non-hydrogen) atoms. The Morgan fingerprint density at radius 3 is 2.31 bits per heavy atom. The fraction of sp³-hybridized carbons (Fsp3) is 0.462. The number of likely N-dealkylation sites (N-methyl/N-ethyl adjacent to an activating group) is 1. The van der Waals surface area contributed by atoms with Crippen LogP contribution < -0.4 is 10.6 Å². The maximum Gasteiger partial charge on any atom is 0.233 e. The van der Waals surface area contributed by atoms with Crippen LogP contribution in [0.2, 0.25) is 0 Å². The van der Waals surface area contributed by atoms with Gasteiger partial charge in [0, 0.05) is 13.1 Å². The van der Waals surface area contributed by atoms with Gasteiger partial charge in [0.15, 0.2) is 0 Å². The Balaban J connectivity index is 2.29. The zero-order valence-corrected chi connectivity index (χ0v) is 10.0. The van der Waals surface area contributed by atoms with Gasteiger partial charge in [-0.3, -0.25) is 4.79 Å². The average Bonchev–Trinajstić information content (AvgIpc) is 2.30. The predicted octanol–water partition coefficient (Wildman–Crippen LogP) is 1.47. The van der Waals surface area contributed by atoms with E-state index in [0.29, 0.717) is 13.1 Å². The molecule has 1 amide bonds. The van der Waals surface area contributed by atoms with Gasteiger partial charge in [0.2, 0.25) is 5.91 Å². The second-order valence-electron chi connectivity index (χ2n) is 3.73. The molecule has 0 saturated carbocycles. The molecular formula is C13H20N2O. The number of rotatable bonds is 6. The van der Waals surface area contributed by atoms with Crippen molar-refractivity contribution in [2.75, 3.05) is 13.1 Å². The molecule has 0 fully saturated rings. The molecule has 0 aromatic heterocycles. The summed E-state index contributed by atoms with van der Waals surface area (Å²) in [4.78, 5) is 11.2. The lowest BCUT2D eigenvalue weighted by Crippen LogP contribution is -2.33. The van der Waals surface area contributed by atoms with Crippen LogP contribution in [-0.4, -0.2) is 19.0 Å². The van der Waals surface area contributed by atoms with E-state index in [1.54, 1.807) is 0 Å². The fourth-order valence-electron chi connectivity index (χ4n) is 1.47. The molecule has 3 nitrogen and oxygen atoms in total. The first kappa shape index (κ1) is 12.7. The van der Waals surface area contributed by atoms with Gasteiger partial charge in [-0.05, 0) is 24.5 Å². The van der Waals surface area contributed by atoms with Crippen LogP contribution in [0.5, 0.6) is 0 Å². The van der Waals surface area contributed by atoms with E-state index in [-0.39, 0.29) is 5.91 Å². The van der Waals surface area contributed by atoms with Crippen LogP contribution in [0.1, 0.15) is 25.0 Å². The minimum Gasteiger partial charge on any atom is -0.355 e. The summed E-state index contributed by atoms with van der Waals surface area (Å²) in [5.41, 5.74) is 2.55. The van der Waals surface area contributed by atoms with Gasteiger partial charge in [-0.25, -0.2) is 0 Å². The van der Waals surface area contributed by atoms with Crippen molar-refractivity contribution in [2.45, 2.75) is 26.8 Å². The first-order chi connectivity index (χ1) is 7.76. The lowest BCUT2D eigenvalue weighted by atomic mass is 10.1. The number of hydrogen-bond donors (Lipinski definition) is 2. The third kappa shape index (κ3) is 4.45. The highest BCUT2D eigenvalue weighted by Crippen LogP contribution is 2.04. The van der Waals surface area contributed by atoms with Crippen molar-refractivity contribution in [1.29, 1.82) is 0 Å². The second-order valence-corrected chi connectivity index (χ2v) is 3.73. The number of benzene rings is 1. The first-order valence-corrected chi connectivity index (χ1v) is 5.81. The lowest BCUT2D eigenvalue weighted by Gasteiger charge is -2.05. The molecule has 3 heteroatoms. The predicted molar refractivity (Wildman–Crippen MR) is 66.2 cm³/mol. The van der Waals surface area contributed by atoms with Gasteiger partial charge < -0.3 is 10.6 Å². The molecule has 2 N–H and O–H groups in total. The molecular weight excluding hydrogens is 200 g/mol. The Kier molecular flexibility index (Phi) is 5.57. The SMILES string of the molecule is CCNC(=O)CNCc1ccc(CC)cc1. The molecule has 0 spiro atoms. The van der Waals surface area contributed by atoms with E-state index in [1.165, 1.54) is 11.1 Å². The Bertz CT molecular complexity index is 319. The molecule has 0 radical (unpaired) electrons. The molecule has 0 heterocycles. The van der Waals surface area contributed by atoms with Crippen molar-refractivity contribution < 1.29 is 4.79 Å². The highest BCUT2D eigenvalue weighted by molar-refractivity contribution is 5.77. The van der Waals surface area contributed by atoms with Crippen molar-refractivity contribution in [3.05, 3.63) is 35.4 Å². The Labute approximate surface area is 97.2 Å². The molecule has 0 aliphatic carbocycles. The summed E-state index contributed by atoms with van der Waals surface area (Å²) in [5.74, 6) is 0.0488. The van der Waals surface area contributed by atoms with Crippen molar-refractivity contribution in [2.24, 2.45) is 0 Å². The van der Waals surface area contributed by atoms with Crippen molar-refractivity contribution in [3.8, 4) is 0 Å². The van der Waals surface area contributed by atoms with E-state index >= 15 is 0 Å². The molecule has 0 unspecified atom stereocenters. The minimum absolute atomic E-state index is 0.0488. The highest BCUT2D eigenvalue weighted by Gasteiger charge is 1.98. The van der Waals surface area contributed by atoms with Gasteiger partial charge in [0.1, 0.15) is 0 Å². The number of aryl methyl sites for hydroxylation is 1. The average molecular weight is 220 g/mol. The van der Waals surface area contributed by atoms with E-state index in [0.717, 1.165) is 13.0 Å². The largest absolute Gasteiger partial charge is 0.355 e. The highest BCUT2D eigenvalue weighted by atomic mass is 16.1. The van der Waals surface area contributed by atoms with Gasteiger partial charge in [-0.15, -0.1) is 0 Å². The number of hydrogen-bond acceptors (Lipinski definition) is 2. The lowest BCUT2D eigenvalue weighted by molar-refractivity contribution is -0.120. The molecule has 0 aliphatic heterocycles. The smallest absolute Gasteiger partial charge is 0.233 e. The number of carbonyl (C=O) groups is 1. The first-order valence-electron chi connectivity index (χ1n) is 5.81. The van der Waals surface area contributed by atoms with Crippen LogP contribution >= 0.6 is 0 Å². The molecule has 1 aromatic carbocycles. The van der Waals surface area contributed by atoms with Crippen LogP contribution in [0.3, 0.4) is 0 Å². The number of nitrogens with one attached hydrogen (secondary N) is 2. The summed E-state index contributed by atoms with van der Waals surface area (Å²) in [6.07, 6.45) is 1.06. The van der Waals surface area contributed by atoms with Crippen LogP contribution in [0.15, 0.2) is 24.3 Å². The molecule has 0 atom stereocenters. The molecule has 0 bridgehead atoms. The summed E-state index contributed by atoms with van der Waals surface area (Å²) in [6.45, 7) is 5.86. The van der Waals surface area contributed by atoms with Crippen LogP contribution in [0.4, 0.5) is 0 Å². The third-order valence-corrected chi connectivity index (χ3v) is 2.42.